The molecule has 6 nitrogen and oxygen atoms in total. The highest BCUT2D eigenvalue weighted by atomic mass is 35.5. The van der Waals surface area contributed by atoms with Gasteiger partial charge in [0.1, 0.15) is 0 Å². The summed E-state index contributed by atoms with van der Waals surface area (Å²) in [6, 6.07) is 11.5. The summed E-state index contributed by atoms with van der Waals surface area (Å²) in [5, 5.41) is 3.19. The van der Waals surface area contributed by atoms with E-state index in [4.69, 9.17) is 25.8 Å². The van der Waals surface area contributed by atoms with Gasteiger partial charge in [0.25, 0.3) is 5.91 Å². The van der Waals surface area contributed by atoms with E-state index in [0.717, 1.165) is 5.56 Å². The van der Waals surface area contributed by atoms with Gasteiger partial charge in [0, 0.05) is 5.02 Å². The van der Waals surface area contributed by atoms with Crippen LogP contribution in [0.25, 0.3) is 0 Å². The molecule has 0 saturated carbocycles. The van der Waals surface area contributed by atoms with E-state index in [-0.39, 0.29) is 19.4 Å². The van der Waals surface area contributed by atoms with E-state index >= 15 is 0 Å². The number of halogens is 1. The Morgan fingerprint density at radius 2 is 2.00 bits per heavy atom. The Labute approximate surface area is 149 Å². The molecule has 1 heterocycles. The summed E-state index contributed by atoms with van der Waals surface area (Å²) in [6.07, 6.45) is 0. The van der Waals surface area contributed by atoms with Crippen LogP contribution in [0.3, 0.4) is 0 Å². The summed E-state index contributed by atoms with van der Waals surface area (Å²) in [4.78, 5) is 23.9. The van der Waals surface area contributed by atoms with Crippen molar-refractivity contribution < 1.29 is 23.8 Å². The summed E-state index contributed by atoms with van der Waals surface area (Å²) in [5.74, 6) is 0.317. The number of carbonyl (C=O) groups excluding carboxylic acids is 2. The molecule has 0 saturated heterocycles. The Balaban J connectivity index is 1.53. The minimum Gasteiger partial charge on any atom is -0.454 e. The van der Waals surface area contributed by atoms with Gasteiger partial charge in [-0.2, -0.15) is 0 Å². The second kappa shape index (κ2) is 7.44. The molecule has 3 rings (SSSR count). The first-order chi connectivity index (χ1) is 12.0. The second-order valence-corrected chi connectivity index (χ2v) is 5.92. The molecule has 0 spiro atoms. The lowest BCUT2D eigenvalue weighted by atomic mass is 10.1. The van der Waals surface area contributed by atoms with Gasteiger partial charge in [-0.3, -0.25) is 4.79 Å². The van der Waals surface area contributed by atoms with Gasteiger partial charge in [-0.1, -0.05) is 23.7 Å². The van der Waals surface area contributed by atoms with Gasteiger partial charge in [0.2, 0.25) is 6.79 Å². The third kappa shape index (κ3) is 4.22. The van der Waals surface area contributed by atoms with Gasteiger partial charge in [0.05, 0.1) is 11.6 Å². The maximum Gasteiger partial charge on any atom is 0.338 e. The number of benzene rings is 2. The minimum atomic E-state index is -0.603. The van der Waals surface area contributed by atoms with Crippen molar-refractivity contribution in [3.8, 4) is 11.5 Å². The third-order valence-corrected chi connectivity index (χ3v) is 3.90. The van der Waals surface area contributed by atoms with Crippen LogP contribution >= 0.6 is 11.6 Å². The highest BCUT2D eigenvalue weighted by molar-refractivity contribution is 6.30. The first-order valence-electron chi connectivity index (χ1n) is 7.64. The molecule has 0 aliphatic carbocycles. The summed E-state index contributed by atoms with van der Waals surface area (Å²) in [6.45, 7) is 1.65. The molecular weight excluding hydrogens is 346 g/mol. The predicted octanol–water partition coefficient (Wildman–Crippen LogP) is 3.10. The number of ether oxygens (including phenoxy) is 3. The number of fused-ring (bicyclic) bond motifs is 1. The molecule has 1 aliphatic heterocycles. The molecule has 1 atom stereocenters. The molecule has 1 amide bonds. The molecule has 0 fully saturated rings. The van der Waals surface area contributed by atoms with Gasteiger partial charge >= 0.3 is 5.97 Å². The quantitative estimate of drug-likeness (QED) is 0.828. The molecule has 7 heteroatoms. The average Bonchev–Trinajstić information content (AvgIpc) is 3.07. The zero-order valence-corrected chi connectivity index (χ0v) is 14.2. The Hall–Kier alpha value is -2.73. The predicted molar refractivity (Wildman–Crippen MR) is 90.9 cm³/mol. The van der Waals surface area contributed by atoms with Crippen molar-refractivity contribution >= 4 is 23.5 Å². The Bertz CT molecular complexity index is 808. The number of carbonyl (C=O) groups is 2. The number of nitrogens with one attached hydrogen (secondary N) is 1. The van der Waals surface area contributed by atoms with E-state index in [1.165, 1.54) is 6.07 Å². The molecule has 0 radical (unpaired) electrons. The largest absolute Gasteiger partial charge is 0.454 e. The fourth-order valence-electron chi connectivity index (χ4n) is 2.38. The van der Waals surface area contributed by atoms with Crippen molar-refractivity contribution in [3.63, 3.8) is 0 Å². The summed E-state index contributed by atoms with van der Waals surface area (Å²) >= 11 is 5.82. The van der Waals surface area contributed by atoms with Crippen LogP contribution < -0.4 is 14.8 Å². The van der Waals surface area contributed by atoms with Crippen LogP contribution in [0.2, 0.25) is 5.02 Å². The van der Waals surface area contributed by atoms with Crippen LogP contribution in [0.5, 0.6) is 11.5 Å². The first-order valence-corrected chi connectivity index (χ1v) is 8.02. The van der Waals surface area contributed by atoms with Crippen molar-refractivity contribution in [1.82, 2.24) is 5.32 Å². The monoisotopic (exact) mass is 361 g/mol. The van der Waals surface area contributed by atoms with Gasteiger partial charge in [-0.15, -0.1) is 0 Å². The van der Waals surface area contributed by atoms with E-state index in [1.54, 1.807) is 24.3 Å². The minimum absolute atomic E-state index is 0.193. The van der Waals surface area contributed by atoms with E-state index in [0.29, 0.717) is 22.1 Å². The van der Waals surface area contributed by atoms with Crippen LogP contribution in [0, 0.1) is 0 Å². The molecule has 1 N–H and O–H groups in total. The molecule has 0 aromatic heterocycles. The van der Waals surface area contributed by atoms with Gasteiger partial charge < -0.3 is 19.5 Å². The maximum absolute atomic E-state index is 12.0. The van der Waals surface area contributed by atoms with Crippen molar-refractivity contribution in [2.24, 2.45) is 0 Å². The number of esters is 1. The summed E-state index contributed by atoms with van der Waals surface area (Å²) in [5.41, 5.74) is 1.16. The van der Waals surface area contributed by atoms with Crippen molar-refractivity contribution in [3.05, 3.63) is 58.6 Å². The Morgan fingerprint density at radius 1 is 1.20 bits per heavy atom. The highest BCUT2D eigenvalue weighted by Gasteiger charge is 2.17. The molecule has 2 aromatic rings. The van der Waals surface area contributed by atoms with Gasteiger partial charge in [-0.05, 0) is 42.8 Å². The molecule has 1 aliphatic rings. The number of hydrogen-bond acceptors (Lipinski definition) is 5. The van der Waals surface area contributed by atoms with Crippen LogP contribution in [-0.4, -0.2) is 25.3 Å². The lowest BCUT2D eigenvalue weighted by Gasteiger charge is -2.15. The highest BCUT2D eigenvalue weighted by Crippen LogP contribution is 2.34. The zero-order valence-electron chi connectivity index (χ0n) is 13.5. The fourth-order valence-corrected chi connectivity index (χ4v) is 2.57. The van der Waals surface area contributed by atoms with E-state index < -0.39 is 11.9 Å². The number of hydrogen-bond donors (Lipinski definition) is 1. The van der Waals surface area contributed by atoms with Crippen molar-refractivity contribution in [2.75, 3.05) is 13.4 Å². The maximum atomic E-state index is 12.0. The van der Waals surface area contributed by atoms with E-state index in [9.17, 15) is 9.59 Å². The smallest absolute Gasteiger partial charge is 0.338 e. The zero-order chi connectivity index (χ0) is 17.8. The topological polar surface area (TPSA) is 73.9 Å². The van der Waals surface area contributed by atoms with Crippen LogP contribution in [0.4, 0.5) is 0 Å². The van der Waals surface area contributed by atoms with Crippen LogP contribution in [0.1, 0.15) is 28.9 Å². The molecule has 0 bridgehead atoms. The molecule has 25 heavy (non-hydrogen) atoms. The average molecular weight is 362 g/mol. The standard InChI is InChI=1S/C18H16ClNO5/c1-11(12-5-6-15-16(8-12)25-10-24-15)20-17(21)9-23-18(22)13-3-2-4-14(19)7-13/h2-8,11H,9-10H2,1H3,(H,20,21)/t11-/m0/s1. The van der Waals surface area contributed by atoms with Crippen molar-refractivity contribution in [1.29, 1.82) is 0 Å². The fraction of sp³-hybridized carbons (Fsp3) is 0.222. The van der Waals surface area contributed by atoms with E-state index in [2.05, 4.69) is 5.32 Å². The van der Waals surface area contributed by atoms with Gasteiger partial charge in [0.15, 0.2) is 18.1 Å². The molecule has 0 unspecified atom stereocenters. The Kier molecular flexibility index (Phi) is 5.09. The summed E-state index contributed by atoms with van der Waals surface area (Å²) in [7, 11) is 0. The van der Waals surface area contributed by atoms with Crippen LogP contribution in [-0.2, 0) is 9.53 Å². The SMILES string of the molecule is C[C@H](NC(=O)COC(=O)c1cccc(Cl)c1)c1ccc2c(c1)OCO2. The summed E-state index contributed by atoms with van der Waals surface area (Å²) < 4.78 is 15.6. The van der Waals surface area contributed by atoms with E-state index in [1.807, 2.05) is 19.1 Å². The second-order valence-electron chi connectivity index (χ2n) is 5.49. The van der Waals surface area contributed by atoms with Crippen LogP contribution in [0.15, 0.2) is 42.5 Å². The molecule has 130 valence electrons. The number of rotatable bonds is 5. The Morgan fingerprint density at radius 3 is 2.80 bits per heavy atom. The lowest BCUT2D eigenvalue weighted by molar-refractivity contribution is -0.124. The molecular formula is C18H16ClNO5. The third-order valence-electron chi connectivity index (χ3n) is 3.67. The number of amides is 1. The first kappa shape index (κ1) is 17.1. The lowest BCUT2D eigenvalue weighted by Crippen LogP contribution is -2.31. The normalized spacial score (nSPS) is 13.2. The molecule has 2 aromatic carbocycles. The van der Waals surface area contributed by atoms with Crippen molar-refractivity contribution in [2.45, 2.75) is 13.0 Å². The van der Waals surface area contributed by atoms with Gasteiger partial charge in [-0.25, -0.2) is 4.79 Å².